The number of benzene rings is 2. The van der Waals surface area contributed by atoms with Gasteiger partial charge in [0, 0.05) is 16.3 Å². The number of thioether (sulfide) groups is 1. The second-order valence-corrected chi connectivity index (χ2v) is 5.38. The highest BCUT2D eigenvalue weighted by atomic mass is 32.2. The largest absolute Gasteiger partial charge is 0.486 e. The summed E-state index contributed by atoms with van der Waals surface area (Å²) < 4.78 is 11.1. The van der Waals surface area contributed by atoms with Gasteiger partial charge in [0.25, 0.3) is 0 Å². The van der Waals surface area contributed by atoms with Gasteiger partial charge in [0.1, 0.15) is 13.2 Å². The Labute approximate surface area is 116 Å². The summed E-state index contributed by atoms with van der Waals surface area (Å²) in [6, 6.07) is 14.0. The minimum Gasteiger partial charge on any atom is -0.486 e. The van der Waals surface area contributed by atoms with E-state index in [4.69, 9.17) is 15.2 Å². The van der Waals surface area contributed by atoms with E-state index in [1.165, 1.54) is 10.5 Å². The summed E-state index contributed by atoms with van der Waals surface area (Å²) in [6.07, 6.45) is 0. The van der Waals surface area contributed by atoms with E-state index < -0.39 is 0 Å². The van der Waals surface area contributed by atoms with E-state index in [1.807, 2.05) is 24.3 Å². The maximum absolute atomic E-state index is 5.67. The summed E-state index contributed by atoms with van der Waals surface area (Å²) in [5.74, 6) is 2.59. The van der Waals surface area contributed by atoms with E-state index in [0.717, 1.165) is 22.9 Å². The van der Waals surface area contributed by atoms with Gasteiger partial charge in [-0.15, -0.1) is 11.8 Å². The third-order valence-corrected chi connectivity index (χ3v) is 3.96. The van der Waals surface area contributed by atoms with Crippen molar-refractivity contribution in [1.29, 1.82) is 0 Å². The highest BCUT2D eigenvalue weighted by Crippen LogP contribution is 2.35. The van der Waals surface area contributed by atoms with Crippen LogP contribution in [0.4, 0.5) is 5.69 Å². The maximum atomic E-state index is 5.67. The minimum absolute atomic E-state index is 0.624. The Morgan fingerprint density at radius 2 is 1.68 bits per heavy atom. The number of anilines is 1. The van der Waals surface area contributed by atoms with Crippen LogP contribution in [0.3, 0.4) is 0 Å². The Morgan fingerprint density at radius 3 is 2.47 bits per heavy atom. The van der Waals surface area contributed by atoms with Crippen molar-refractivity contribution in [2.45, 2.75) is 10.6 Å². The number of hydrogen-bond donors (Lipinski definition) is 1. The van der Waals surface area contributed by atoms with Gasteiger partial charge in [-0.3, -0.25) is 0 Å². The molecule has 0 aliphatic carbocycles. The molecule has 0 radical (unpaired) electrons. The van der Waals surface area contributed by atoms with E-state index in [0.29, 0.717) is 13.2 Å². The van der Waals surface area contributed by atoms with Gasteiger partial charge in [-0.2, -0.15) is 0 Å². The fourth-order valence-electron chi connectivity index (χ4n) is 1.89. The zero-order chi connectivity index (χ0) is 13.1. The molecule has 0 fully saturated rings. The first-order chi connectivity index (χ1) is 9.31. The molecular formula is C15H15NO2S. The number of rotatable bonds is 3. The lowest BCUT2D eigenvalue weighted by atomic mass is 10.2. The molecule has 0 unspecified atom stereocenters. The number of fused-ring (bicyclic) bond motifs is 1. The first-order valence-corrected chi connectivity index (χ1v) is 7.17. The predicted octanol–water partition coefficient (Wildman–Crippen LogP) is 3.33. The molecule has 2 aromatic carbocycles. The maximum Gasteiger partial charge on any atom is 0.162 e. The van der Waals surface area contributed by atoms with Crippen molar-refractivity contribution in [2.24, 2.45) is 0 Å². The monoisotopic (exact) mass is 273 g/mol. The molecule has 0 amide bonds. The fourth-order valence-corrected chi connectivity index (χ4v) is 2.77. The molecule has 4 heteroatoms. The van der Waals surface area contributed by atoms with Crippen molar-refractivity contribution in [3.63, 3.8) is 0 Å². The van der Waals surface area contributed by atoms with Crippen LogP contribution in [0.15, 0.2) is 47.4 Å². The summed E-state index contributed by atoms with van der Waals surface area (Å²) >= 11 is 1.78. The molecule has 1 aliphatic heterocycles. The van der Waals surface area contributed by atoms with E-state index in [-0.39, 0.29) is 0 Å². The summed E-state index contributed by atoms with van der Waals surface area (Å²) in [6.45, 7) is 1.25. The number of nitrogen functional groups attached to an aromatic ring is 1. The number of ether oxygens (including phenoxy) is 2. The molecule has 0 spiro atoms. The molecule has 0 bridgehead atoms. The molecule has 3 rings (SSSR count). The molecule has 1 heterocycles. The van der Waals surface area contributed by atoms with Crippen molar-refractivity contribution in [3.8, 4) is 11.5 Å². The van der Waals surface area contributed by atoms with Crippen LogP contribution in [0.5, 0.6) is 11.5 Å². The molecule has 0 saturated carbocycles. The van der Waals surface area contributed by atoms with Crippen molar-refractivity contribution >= 4 is 17.4 Å². The zero-order valence-electron chi connectivity index (χ0n) is 10.5. The van der Waals surface area contributed by atoms with Crippen LogP contribution in [0, 0.1) is 0 Å². The predicted molar refractivity (Wildman–Crippen MR) is 77.8 cm³/mol. The highest BCUT2D eigenvalue weighted by molar-refractivity contribution is 7.98. The number of hydrogen-bond acceptors (Lipinski definition) is 4. The SMILES string of the molecule is Nc1ccc(CSc2ccc3c(c2)OCCO3)cc1. The van der Waals surface area contributed by atoms with Crippen LogP contribution in [-0.2, 0) is 5.75 Å². The van der Waals surface area contributed by atoms with Crippen molar-refractivity contribution in [3.05, 3.63) is 48.0 Å². The van der Waals surface area contributed by atoms with Crippen LogP contribution in [0.2, 0.25) is 0 Å². The van der Waals surface area contributed by atoms with Crippen molar-refractivity contribution in [1.82, 2.24) is 0 Å². The average molecular weight is 273 g/mol. The second-order valence-electron chi connectivity index (χ2n) is 4.34. The Balaban J connectivity index is 1.68. The average Bonchev–Trinajstić information content (AvgIpc) is 2.46. The lowest BCUT2D eigenvalue weighted by Gasteiger charge is -2.18. The lowest BCUT2D eigenvalue weighted by molar-refractivity contribution is 0.171. The summed E-state index contributed by atoms with van der Waals surface area (Å²) in [4.78, 5) is 1.18. The third-order valence-electron chi connectivity index (χ3n) is 2.90. The highest BCUT2D eigenvalue weighted by Gasteiger charge is 2.11. The third kappa shape index (κ3) is 2.96. The van der Waals surface area contributed by atoms with Gasteiger partial charge in [0.05, 0.1) is 0 Å². The van der Waals surface area contributed by atoms with Crippen molar-refractivity contribution in [2.75, 3.05) is 18.9 Å². The van der Waals surface area contributed by atoms with E-state index in [9.17, 15) is 0 Å². The first kappa shape index (κ1) is 12.2. The minimum atomic E-state index is 0.624. The van der Waals surface area contributed by atoms with Gasteiger partial charge < -0.3 is 15.2 Å². The van der Waals surface area contributed by atoms with E-state index in [2.05, 4.69) is 18.2 Å². The Kier molecular flexibility index (Phi) is 3.51. The summed E-state index contributed by atoms with van der Waals surface area (Å²) in [7, 11) is 0. The molecular weight excluding hydrogens is 258 g/mol. The van der Waals surface area contributed by atoms with Crippen LogP contribution < -0.4 is 15.2 Å². The Morgan fingerprint density at radius 1 is 0.947 bits per heavy atom. The molecule has 2 aromatic rings. The molecule has 1 aliphatic rings. The van der Waals surface area contributed by atoms with Gasteiger partial charge in [-0.25, -0.2) is 0 Å². The van der Waals surface area contributed by atoms with Crippen LogP contribution in [0.25, 0.3) is 0 Å². The molecule has 0 aromatic heterocycles. The van der Waals surface area contributed by atoms with Crippen LogP contribution in [-0.4, -0.2) is 13.2 Å². The molecule has 2 N–H and O–H groups in total. The second kappa shape index (κ2) is 5.45. The first-order valence-electron chi connectivity index (χ1n) is 6.18. The van der Waals surface area contributed by atoms with Gasteiger partial charge in [0.15, 0.2) is 11.5 Å². The van der Waals surface area contributed by atoms with Gasteiger partial charge in [-0.05, 0) is 35.9 Å². The molecule has 3 nitrogen and oxygen atoms in total. The summed E-state index contributed by atoms with van der Waals surface area (Å²) in [5.41, 5.74) is 7.73. The van der Waals surface area contributed by atoms with Gasteiger partial charge in [0.2, 0.25) is 0 Å². The van der Waals surface area contributed by atoms with Crippen LogP contribution in [0.1, 0.15) is 5.56 Å². The van der Waals surface area contributed by atoms with Crippen LogP contribution >= 0.6 is 11.8 Å². The van der Waals surface area contributed by atoms with Gasteiger partial charge in [-0.1, -0.05) is 12.1 Å². The normalized spacial score (nSPS) is 13.3. The smallest absolute Gasteiger partial charge is 0.162 e. The molecule has 0 saturated heterocycles. The van der Waals surface area contributed by atoms with Gasteiger partial charge >= 0.3 is 0 Å². The van der Waals surface area contributed by atoms with E-state index in [1.54, 1.807) is 11.8 Å². The van der Waals surface area contributed by atoms with Crippen molar-refractivity contribution < 1.29 is 9.47 Å². The number of nitrogens with two attached hydrogens (primary N) is 1. The Bertz CT molecular complexity index is 569. The lowest BCUT2D eigenvalue weighted by Crippen LogP contribution is -2.15. The quantitative estimate of drug-likeness (QED) is 0.688. The Hall–Kier alpha value is -1.81. The molecule has 98 valence electrons. The fraction of sp³-hybridized carbons (Fsp3) is 0.200. The zero-order valence-corrected chi connectivity index (χ0v) is 11.3. The standard InChI is InChI=1S/C15H15NO2S/c16-12-3-1-11(2-4-12)10-19-13-5-6-14-15(9-13)18-8-7-17-14/h1-6,9H,7-8,10,16H2. The summed E-state index contributed by atoms with van der Waals surface area (Å²) in [5, 5.41) is 0. The molecule has 19 heavy (non-hydrogen) atoms. The topological polar surface area (TPSA) is 44.5 Å². The molecule has 0 atom stereocenters. The van der Waals surface area contributed by atoms with E-state index >= 15 is 0 Å².